The maximum atomic E-state index is 15.7. The maximum Gasteiger partial charge on any atom is 0.219 e. The standard InChI is InChI=1S/C25H20FN5O2/c26-21-18(8-6-14-7-9-20(30-22(14)21)33-17-4-2-1-3-5-17)23-24-25(27)29-19(12-31(24)13-28-23)15-10-16(32)11-15/h1-9,12-13,15-16,32H,10-11H2,(H2,27,29). The molecular weight excluding hydrogens is 421 g/mol. The molecule has 3 aromatic heterocycles. The van der Waals surface area contributed by atoms with Gasteiger partial charge in [-0.15, -0.1) is 0 Å². The number of ether oxygens (including phenoxy) is 1. The summed E-state index contributed by atoms with van der Waals surface area (Å²) in [5.41, 5.74) is 8.48. The number of hydrogen-bond donors (Lipinski definition) is 2. The Hall–Kier alpha value is -4.04. The van der Waals surface area contributed by atoms with Gasteiger partial charge < -0.3 is 20.0 Å². The molecule has 0 bridgehead atoms. The first kappa shape index (κ1) is 19.6. The highest BCUT2D eigenvalue weighted by atomic mass is 19.1. The average molecular weight is 441 g/mol. The molecule has 5 aromatic rings. The van der Waals surface area contributed by atoms with Crippen molar-refractivity contribution >= 4 is 22.2 Å². The second-order valence-electron chi connectivity index (χ2n) is 8.29. The molecule has 0 amide bonds. The van der Waals surface area contributed by atoms with Crippen molar-refractivity contribution in [3.05, 3.63) is 78.6 Å². The summed E-state index contributed by atoms with van der Waals surface area (Å²) in [5.74, 6) is 0.858. The van der Waals surface area contributed by atoms with E-state index in [-0.39, 0.29) is 28.9 Å². The highest BCUT2D eigenvalue weighted by Crippen LogP contribution is 2.38. The number of aliphatic hydroxyl groups excluding tert-OH is 1. The van der Waals surface area contributed by atoms with Gasteiger partial charge in [-0.05, 0) is 37.1 Å². The summed E-state index contributed by atoms with van der Waals surface area (Å²) in [6, 6.07) is 16.2. The monoisotopic (exact) mass is 441 g/mol. The lowest BCUT2D eigenvalue weighted by Crippen LogP contribution is -2.27. The number of halogens is 1. The average Bonchev–Trinajstić information content (AvgIpc) is 3.23. The highest BCUT2D eigenvalue weighted by Gasteiger charge is 2.30. The molecule has 0 spiro atoms. The molecule has 8 heteroatoms. The van der Waals surface area contributed by atoms with Gasteiger partial charge in [-0.2, -0.15) is 0 Å². The summed E-state index contributed by atoms with van der Waals surface area (Å²) >= 11 is 0. The van der Waals surface area contributed by atoms with E-state index in [9.17, 15) is 5.11 Å². The summed E-state index contributed by atoms with van der Waals surface area (Å²) in [4.78, 5) is 13.4. The SMILES string of the molecule is Nc1nc(C2CC(O)C2)cn2cnc(-c3ccc4ccc(Oc5ccccc5)nc4c3F)c12. The van der Waals surface area contributed by atoms with E-state index in [1.54, 1.807) is 35.0 Å². The van der Waals surface area contributed by atoms with Gasteiger partial charge in [0, 0.05) is 29.1 Å². The van der Waals surface area contributed by atoms with Crippen molar-refractivity contribution in [2.45, 2.75) is 24.9 Å². The molecule has 0 unspecified atom stereocenters. The molecule has 1 aliphatic carbocycles. The minimum atomic E-state index is -0.503. The molecule has 1 aliphatic rings. The third kappa shape index (κ3) is 3.35. The highest BCUT2D eigenvalue weighted by molar-refractivity contribution is 5.91. The van der Waals surface area contributed by atoms with Crippen LogP contribution in [0.1, 0.15) is 24.5 Å². The number of para-hydroxylation sites is 1. The summed E-state index contributed by atoms with van der Waals surface area (Å²) in [6.45, 7) is 0. The number of nitrogen functional groups attached to an aromatic ring is 1. The predicted molar refractivity (Wildman–Crippen MR) is 123 cm³/mol. The molecule has 1 fully saturated rings. The lowest BCUT2D eigenvalue weighted by atomic mass is 9.80. The lowest BCUT2D eigenvalue weighted by Gasteiger charge is -2.30. The molecule has 3 heterocycles. The summed E-state index contributed by atoms with van der Waals surface area (Å²) in [7, 11) is 0. The zero-order valence-corrected chi connectivity index (χ0v) is 17.5. The lowest BCUT2D eigenvalue weighted by molar-refractivity contribution is 0.0731. The molecule has 2 aromatic carbocycles. The molecule has 0 atom stereocenters. The normalized spacial score (nSPS) is 17.9. The van der Waals surface area contributed by atoms with E-state index >= 15 is 4.39 Å². The smallest absolute Gasteiger partial charge is 0.219 e. The molecule has 0 saturated heterocycles. The van der Waals surface area contributed by atoms with E-state index < -0.39 is 5.82 Å². The Morgan fingerprint density at radius 2 is 1.82 bits per heavy atom. The van der Waals surface area contributed by atoms with E-state index in [0.29, 0.717) is 41.1 Å². The largest absolute Gasteiger partial charge is 0.439 e. The number of aromatic nitrogens is 4. The van der Waals surface area contributed by atoms with Crippen LogP contribution in [0.15, 0.2) is 67.1 Å². The van der Waals surface area contributed by atoms with Gasteiger partial charge in [0.15, 0.2) is 5.82 Å². The van der Waals surface area contributed by atoms with E-state index in [1.807, 2.05) is 36.5 Å². The Balaban J connectivity index is 1.42. The van der Waals surface area contributed by atoms with Crippen LogP contribution < -0.4 is 10.5 Å². The van der Waals surface area contributed by atoms with Crippen molar-refractivity contribution in [3.8, 4) is 22.9 Å². The Kier molecular flexibility index (Phi) is 4.48. The number of fused-ring (bicyclic) bond motifs is 2. The number of nitrogens with two attached hydrogens (primary N) is 1. The fourth-order valence-electron chi connectivity index (χ4n) is 4.28. The van der Waals surface area contributed by atoms with Gasteiger partial charge in [0.05, 0.1) is 11.8 Å². The first-order valence-corrected chi connectivity index (χ1v) is 10.7. The van der Waals surface area contributed by atoms with Crippen molar-refractivity contribution in [2.75, 3.05) is 5.73 Å². The quantitative estimate of drug-likeness (QED) is 0.420. The van der Waals surface area contributed by atoms with Gasteiger partial charge in [-0.1, -0.05) is 24.3 Å². The zero-order valence-electron chi connectivity index (χ0n) is 17.5. The number of benzene rings is 2. The summed E-state index contributed by atoms with van der Waals surface area (Å²) < 4.78 is 23.2. The van der Waals surface area contributed by atoms with Crippen LogP contribution in [0.25, 0.3) is 27.7 Å². The molecule has 1 saturated carbocycles. The minimum Gasteiger partial charge on any atom is -0.439 e. The fraction of sp³-hybridized carbons (Fsp3) is 0.160. The summed E-state index contributed by atoms with van der Waals surface area (Å²) in [5, 5.41) is 10.2. The van der Waals surface area contributed by atoms with Crippen LogP contribution in [0.5, 0.6) is 11.6 Å². The van der Waals surface area contributed by atoms with E-state index in [4.69, 9.17) is 10.5 Å². The van der Waals surface area contributed by atoms with E-state index in [2.05, 4.69) is 15.0 Å². The molecule has 0 aliphatic heterocycles. The molecule has 33 heavy (non-hydrogen) atoms. The van der Waals surface area contributed by atoms with Gasteiger partial charge in [0.2, 0.25) is 5.88 Å². The molecule has 3 N–H and O–H groups in total. The predicted octanol–water partition coefficient (Wildman–Crippen LogP) is 4.70. The zero-order chi connectivity index (χ0) is 22.5. The number of anilines is 1. The van der Waals surface area contributed by atoms with Crippen molar-refractivity contribution < 1.29 is 14.2 Å². The third-order valence-electron chi connectivity index (χ3n) is 6.08. The number of nitrogens with zero attached hydrogens (tertiary/aromatic N) is 4. The Bertz CT molecular complexity index is 1500. The van der Waals surface area contributed by atoms with Crippen LogP contribution in [0, 0.1) is 5.82 Å². The number of aliphatic hydroxyl groups is 1. The molecule has 7 nitrogen and oxygen atoms in total. The number of hydrogen-bond acceptors (Lipinski definition) is 6. The van der Waals surface area contributed by atoms with Gasteiger partial charge in [0.1, 0.15) is 34.6 Å². The van der Waals surface area contributed by atoms with Crippen LogP contribution in [-0.2, 0) is 0 Å². The van der Waals surface area contributed by atoms with Crippen LogP contribution >= 0.6 is 0 Å². The van der Waals surface area contributed by atoms with Gasteiger partial charge in [-0.3, -0.25) is 0 Å². The first-order chi connectivity index (χ1) is 16.1. The first-order valence-electron chi connectivity index (χ1n) is 10.7. The topological polar surface area (TPSA) is 98.6 Å². The van der Waals surface area contributed by atoms with Gasteiger partial charge in [-0.25, -0.2) is 19.3 Å². The Labute approximate surface area is 188 Å². The minimum absolute atomic E-state index is 0.169. The van der Waals surface area contributed by atoms with Crippen LogP contribution in [-0.4, -0.2) is 30.6 Å². The number of rotatable bonds is 4. The Morgan fingerprint density at radius 3 is 2.61 bits per heavy atom. The number of pyridine rings is 1. The van der Waals surface area contributed by atoms with Crippen molar-refractivity contribution in [1.82, 2.24) is 19.4 Å². The fourth-order valence-corrected chi connectivity index (χ4v) is 4.28. The third-order valence-corrected chi connectivity index (χ3v) is 6.08. The van der Waals surface area contributed by atoms with Crippen LogP contribution in [0.4, 0.5) is 10.2 Å². The van der Waals surface area contributed by atoms with Gasteiger partial charge in [0.25, 0.3) is 0 Å². The second kappa shape index (κ2) is 7.53. The van der Waals surface area contributed by atoms with Crippen LogP contribution in [0.2, 0.25) is 0 Å². The van der Waals surface area contributed by atoms with Crippen molar-refractivity contribution in [2.24, 2.45) is 0 Å². The number of imidazole rings is 1. The maximum absolute atomic E-state index is 15.7. The molecular formula is C25H20FN5O2. The van der Waals surface area contributed by atoms with Gasteiger partial charge >= 0.3 is 0 Å². The second-order valence-corrected chi connectivity index (χ2v) is 8.29. The summed E-state index contributed by atoms with van der Waals surface area (Å²) in [6.07, 6.45) is 4.49. The van der Waals surface area contributed by atoms with Crippen LogP contribution in [0.3, 0.4) is 0 Å². The Morgan fingerprint density at radius 1 is 1.03 bits per heavy atom. The van der Waals surface area contributed by atoms with E-state index in [0.717, 1.165) is 5.69 Å². The van der Waals surface area contributed by atoms with Crippen molar-refractivity contribution in [3.63, 3.8) is 0 Å². The molecule has 6 rings (SSSR count). The molecule has 0 radical (unpaired) electrons. The molecule has 164 valence electrons. The van der Waals surface area contributed by atoms with Crippen molar-refractivity contribution in [1.29, 1.82) is 0 Å². The van der Waals surface area contributed by atoms with E-state index in [1.165, 1.54) is 0 Å².